The molecule has 1 aliphatic rings. The lowest BCUT2D eigenvalue weighted by molar-refractivity contribution is 0.232. The molecule has 17 heavy (non-hydrogen) atoms. The Hall–Kier alpha value is -1.36. The van der Waals surface area contributed by atoms with Gasteiger partial charge in [-0.1, -0.05) is 0 Å². The molecule has 0 radical (unpaired) electrons. The second kappa shape index (κ2) is 5.31. The maximum Gasteiger partial charge on any atom is 0.225 e. The average molecular weight is 236 g/mol. The van der Waals surface area contributed by atoms with Gasteiger partial charge in [0.25, 0.3) is 0 Å². The fourth-order valence-electron chi connectivity index (χ4n) is 1.63. The Morgan fingerprint density at radius 3 is 2.94 bits per heavy atom. The van der Waals surface area contributed by atoms with Gasteiger partial charge in [-0.2, -0.15) is 4.98 Å². The van der Waals surface area contributed by atoms with Crippen molar-refractivity contribution in [3.8, 4) is 5.88 Å². The maximum atomic E-state index is 6.00. The molecule has 0 bridgehead atoms. The standard InChI is InChI=1S/C12H20N4O/c1-8(2)17-11-5-6-14-12(16-11)15-7-10(13)9-3-4-9/h5-6,8-10H,3-4,7,13H2,1-2H3,(H,14,15,16). The highest BCUT2D eigenvalue weighted by molar-refractivity contribution is 5.27. The van der Waals surface area contributed by atoms with Gasteiger partial charge in [-0.05, 0) is 32.6 Å². The predicted molar refractivity (Wildman–Crippen MR) is 67.0 cm³/mol. The zero-order valence-corrected chi connectivity index (χ0v) is 10.4. The van der Waals surface area contributed by atoms with E-state index in [2.05, 4.69) is 15.3 Å². The summed E-state index contributed by atoms with van der Waals surface area (Å²) in [7, 11) is 0. The normalized spacial score (nSPS) is 16.9. The summed E-state index contributed by atoms with van der Waals surface area (Å²) in [6, 6.07) is 1.96. The van der Waals surface area contributed by atoms with Crippen molar-refractivity contribution in [3.05, 3.63) is 12.3 Å². The summed E-state index contributed by atoms with van der Waals surface area (Å²) in [5.41, 5.74) is 6.00. The van der Waals surface area contributed by atoms with E-state index >= 15 is 0 Å². The molecule has 1 aromatic heterocycles. The molecule has 1 aliphatic carbocycles. The molecule has 5 heteroatoms. The molecule has 5 nitrogen and oxygen atoms in total. The van der Waals surface area contributed by atoms with Gasteiger partial charge in [0.05, 0.1) is 6.10 Å². The van der Waals surface area contributed by atoms with Crippen LogP contribution < -0.4 is 15.8 Å². The second-order valence-corrected chi connectivity index (χ2v) is 4.77. The average Bonchev–Trinajstić information content (AvgIpc) is 3.09. The van der Waals surface area contributed by atoms with E-state index in [-0.39, 0.29) is 12.1 Å². The van der Waals surface area contributed by atoms with Crippen LogP contribution in [0.5, 0.6) is 5.88 Å². The van der Waals surface area contributed by atoms with Gasteiger partial charge in [-0.25, -0.2) is 4.98 Å². The van der Waals surface area contributed by atoms with E-state index in [0.29, 0.717) is 17.7 Å². The van der Waals surface area contributed by atoms with Gasteiger partial charge in [0.15, 0.2) is 0 Å². The van der Waals surface area contributed by atoms with Crippen LogP contribution in [0.1, 0.15) is 26.7 Å². The fourth-order valence-corrected chi connectivity index (χ4v) is 1.63. The van der Waals surface area contributed by atoms with Crippen molar-refractivity contribution in [1.82, 2.24) is 9.97 Å². The lowest BCUT2D eigenvalue weighted by atomic mass is 10.2. The Kier molecular flexibility index (Phi) is 3.78. The minimum Gasteiger partial charge on any atom is -0.475 e. The molecular weight excluding hydrogens is 216 g/mol. The summed E-state index contributed by atoms with van der Waals surface area (Å²) < 4.78 is 5.50. The van der Waals surface area contributed by atoms with Crippen LogP contribution in [0.2, 0.25) is 0 Å². The van der Waals surface area contributed by atoms with Gasteiger partial charge in [0, 0.05) is 24.8 Å². The molecule has 1 heterocycles. The van der Waals surface area contributed by atoms with Gasteiger partial charge in [0.1, 0.15) is 0 Å². The minimum atomic E-state index is 0.117. The van der Waals surface area contributed by atoms with Crippen molar-refractivity contribution >= 4 is 5.95 Å². The smallest absolute Gasteiger partial charge is 0.225 e. The van der Waals surface area contributed by atoms with Gasteiger partial charge >= 0.3 is 0 Å². The number of hydrogen-bond acceptors (Lipinski definition) is 5. The molecule has 1 saturated carbocycles. The first-order valence-corrected chi connectivity index (χ1v) is 6.14. The summed E-state index contributed by atoms with van der Waals surface area (Å²) in [5.74, 6) is 1.86. The summed E-state index contributed by atoms with van der Waals surface area (Å²) in [6.07, 6.45) is 4.31. The topological polar surface area (TPSA) is 73.1 Å². The molecule has 1 aromatic rings. The number of hydrogen-bond donors (Lipinski definition) is 2. The van der Waals surface area contributed by atoms with Gasteiger partial charge in [0.2, 0.25) is 11.8 Å². The largest absolute Gasteiger partial charge is 0.475 e. The van der Waals surface area contributed by atoms with Crippen molar-refractivity contribution in [2.24, 2.45) is 11.7 Å². The lowest BCUT2D eigenvalue weighted by Gasteiger charge is -2.12. The van der Waals surface area contributed by atoms with Crippen LogP contribution in [-0.2, 0) is 0 Å². The van der Waals surface area contributed by atoms with Crippen LogP contribution >= 0.6 is 0 Å². The monoisotopic (exact) mass is 236 g/mol. The number of rotatable bonds is 6. The Bertz CT molecular complexity index is 365. The van der Waals surface area contributed by atoms with Crippen LogP contribution in [0, 0.1) is 5.92 Å². The van der Waals surface area contributed by atoms with Crippen molar-refractivity contribution < 1.29 is 4.74 Å². The zero-order valence-electron chi connectivity index (χ0n) is 10.4. The van der Waals surface area contributed by atoms with Crippen molar-refractivity contribution in [1.29, 1.82) is 0 Å². The summed E-state index contributed by atoms with van der Waals surface area (Å²) in [4.78, 5) is 8.41. The SMILES string of the molecule is CC(C)Oc1ccnc(NCC(N)C2CC2)n1. The molecule has 0 aromatic carbocycles. The Morgan fingerprint density at radius 1 is 1.53 bits per heavy atom. The number of nitrogens with zero attached hydrogens (tertiary/aromatic N) is 2. The molecular formula is C12H20N4O. The van der Waals surface area contributed by atoms with Crippen molar-refractivity contribution in [2.75, 3.05) is 11.9 Å². The minimum absolute atomic E-state index is 0.117. The van der Waals surface area contributed by atoms with Crippen LogP contribution in [0.25, 0.3) is 0 Å². The van der Waals surface area contributed by atoms with E-state index in [4.69, 9.17) is 10.5 Å². The molecule has 1 fully saturated rings. The van der Waals surface area contributed by atoms with Crippen LogP contribution in [0.3, 0.4) is 0 Å². The second-order valence-electron chi connectivity index (χ2n) is 4.77. The van der Waals surface area contributed by atoms with Crippen LogP contribution in [-0.4, -0.2) is 28.7 Å². The Labute approximate surface area is 102 Å². The lowest BCUT2D eigenvalue weighted by Crippen LogP contribution is -2.31. The van der Waals surface area contributed by atoms with E-state index < -0.39 is 0 Å². The third-order valence-corrected chi connectivity index (χ3v) is 2.71. The molecule has 0 spiro atoms. The molecule has 0 aliphatic heterocycles. The molecule has 2 rings (SSSR count). The zero-order chi connectivity index (χ0) is 12.3. The first-order chi connectivity index (χ1) is 8.15. The predicted octanol–water partition coefficient (Wildman–Crippen LogP) is 1.41. The molecule has 1 unspecified atom stereocenters. The van der Waals surface area contributed by atoms with E-state index in [1.54, 1.807) is 12.3 Å². The molecule has 94 valence electrons. The van der Waals surface area contributed by atoms with Crippen molar-refractivity contribution in [3.63, 3.8) is 0 Å². The molecule has 0 saturated heterocycles. The van der Waals surface area contributed by atoms with Crippen LogP contribution in [0.4, 0.5) is 5.95 Å². The Balaban J connectivity index is 1.86. The Morgan fingerprint density at radius 2 is 2.29 bits per heavy atom. The highest BCUT2D eigenvalue weighted by atomic mass is 16.5. The number of nitrogens with two attached hydrogens (primary N) is 1. The van der Waals surface area contributed by atoms with Gasteiger partial charge in [-0.15, -0.1) is 0 Å². The molecule has 0 amide bonds. The van der Waals surface area contributed by atoms with E-state index in [9.17, 15) is 0 Å². The molecule has 3 N–H and O–H groups in total. The van der Waals surface area contributed by atoms with Gasteiger partial charge < -0.3 is 15.8 Å². The summed E-state index contributed by atoms with van der Waals surface area (Å²) >= 11 is 0. The number of aromatic nitrogens is 2. The highest BCUT2D eigenvalue weighted by Gasteiger charge is 2.28. The van der Waals surface area contributed by atoms with E-state index in [0.717, 1.165) is 6.54 Å². The molecule has 1 atom stereocenters. The summed E-state index contributed by atoms with van der Waals surface area (Å²) in [6.45, 7) is 4.66. The third-order valence-electron chi connectivity index (χ3n) is 2.71. The fraction of sp³-hybridized carbons (Fsp3) is 0.667. The highest BCUT2D eigenvalue weighted by Crippen LogP contribution is 2.31. The van der Waals surface area contributed by atoms with Crippen molar-refractivity contribution in [2.45, 2.75) is 38.8 Å². The number of nitrogens with one attached hydrogen (secondary N) is 1. The first kappa shape index (κ1) is 12.1. The van der Waals surface area contributed by atoms with E-state index in [1.807, 2.05) is 13.8 Å². The summed E-state index contributed by atoms with van der Waals surface area (Å²) in [5, 5.41) is 3.15. The van der Waals surface area contributed by atoms with Gasteiger partial charge in [-0.3, -0.25) is 0 Å². The number of anilines is 1. The van der Waals surface area contributed by atoms with E-state index in [1.165, 1.54) is 12.8 Å². The van der Waals surface area contributed by atoms with Crippen LogP contribution in [0.15, 0.2) is 12.3 Å². The number of ether oxygens (including phenoxy) is 1. The maximum absolute atomic E-state index is 6.00. The first-order valence-electron chi connectivity index (χ1n) is 6.14. The third kappa shape index (κ3) is 3.85. The quantitative estimate of drug-likeness (QED) is 0.781.